The molecule has 1 saturated heterocycles. The first-order valence-electron chi connectivity index (χ1n) is 11.6. The van der Waals surface area contributed by atoms with Crippen molar-refractivity contribution in [3.8, 4) is 0 Å². The molecule has 10 atom stereocenters. The zero-order valence-electron chi connectivity index (χ0n) is 21.0. The minimum Gasteiger partial charge on any atom is -0.472 e. The van der Waals surface area contributed by atoms with Gasteiger partial charge in [0.1, 0.15) is 29.5 Å². The molecule has 0 aromatic heterocycles. The highest BCUT2D eigenvalue weighted by molar-refractivity contribution is 5.68. The fourth-order valence-electron chi connectivity index (χ4n) is 5.18. The van der Waals surface area contributed by atoms with Gasteiger partial charge in [0.25, 0.3) is 0 Å². The molecule has 14 heteroatoms. The van der Waals surface area contributed by atoms with Crippen molar-refractivity contribution in [1.82, 2.24) is 0 Å². The summed E-state index contributed by atoms with van der Waals surface area (Å²) >= 11 is 0. The topological polar surface area (TPSA) is 194 Å². The van der Waals surface area contributed by atoms with Crippen molar-refractivity contribution in [2.45, 2.75) is 95.3 Å². The van der Waals surface area contributed by atoms with Crippen LogP contribution in [-0.4, -0.2) is 100 Å². The molecule has 2 fully saturated rings. The van der Waals surface area contributed by atoms with Gasteiger partial charge in [0.2, 0.25) is 12.6 Å². The predicted molar refractivity (Wildman–Crippen MR) is 117 cm³/mol. The van der Waals surface area contributed by atoms with E-state index >= 15 is 0 Å². The average Bonchev–Trinajstić information content (AvgIpc) is 2.97. The minimum atomic E-state index is -1.92. The van der Waals surface area contributed by atoms with E-state index in [1.165, 1.54) is 13.0 Å². The Labute approximate surface area is 212 Å². The summed E-state index contributed by atoms with van der Waals surface area (Å²) in [5.41, 5.74) is -3.40. The lowest BCUT2D eigenvalue weighted by atomic mass is 9.81. The Morgan fingerprint density at radius 1 is 0.946 bits per heavy atom. The van der Waals surface area contributed by atoms with Crippen molar-refractivity contribution in [3.63, 3.8) is 0 Å². The second kappa shape index (κ2) is 10.9. The van der Waals surface area contributed by atoms with Gasteiger partial charge in [0, 0.05) is 34.1 Å². The van der Waals surface area contributed by atoms with E-state index in [1.54, 1.807) is 0 Å². The van der Waals surface area contributed by atoms with Gasteiger partial charge in [-0.2, -0.15) is 0 Å². The number of esters is 4. The number of fused-ring (bicyclic) bond motifs is 1. The van der Waals surface area contributed by atoms with Crippen molar-refractivity contribution >= 4 is 23.9 Å². The molecule has 37 heavy (non-hydrogen) atoms. The van der Waals surface area contributed by atoms with E-state index in [9.17, 15) is 34.5 Å². The fraction of sp³-hybridized carbons (Fsp3) is 0.739. The van der Waals surface area contributed by atoms with Crippen LogP contribution in [0.25, 0.3) is 0 Å². The van der Waals surface area contributed by atoms with Gasteiger partial charge >= 0.3 is 23.9 Å². The van der Waals surface area contributed by atoms with E-state index in [0.717, 1.165) is 34.0 Å². The number of rotatable bonds is 7. The number of ether oxygens (including phenoxy) is 7. The van der Waals surface area contributed by atoms with Gasteiger partial charge in [-0.25, -0.2) is 0 Å². The van der Waals surface area contributed by atoms with Gasteiger partial charge in [-0.05, 0) is 13.0 Å². The van der Waals surface area contributed by atoms with Crippen LogP contribution in [0.15, 0.2) is 12.3 Å². The lowest BCUT2D eigenvalue weighted by molar-refractivity contribution is -0.352. The number of carbonyl (C=O) groups excluding carboxylic acids is 4. The molecule has 0 aromatic rings. The van der Waals surface area contributed by atoms with Gasteiger partial charge in [-0.1, -0.05) is 0 Å². The molecule has 0 aromatic carbocycles. The van der Waals surface area contributed by atoms with Crippen LogP contribution < -0.4 is 0 Å². The number of hydrogen-bond acceptors (Lipinski definition) is 14. The van der Waals surface area contributed by atoms with E-state index in [4.69, 9.17) is 33.2 Å². The van der Waals surface area contributed by atoms with E-state index in [2.05, 4.69) is 0 Å². The van der Waals surface area contributed by atoms with Crippen LogP contribution in [0.1, 0.15) is 41.0 Å². The highest BCUT2D eigenvalue weighted by Crippen LogP contribution is 2.52. The summed E-state index contributed by atoms with van der Waals surface area (Å²) in [4.78, 5) is 47.2. The van der Waals surface area contributed by atoms with Crippen LogP contribution in [0.3, 0.4) is 0 Å². The average molecular weight is 532 g/mol. The van der Waals surface area contributed by atoms with Crippen LogP contribution in [0.4, 0.5) is 0 Å². The molecule has 0 radical (unpaired) electrons. The summed E-state index contributed by atoms with van der Waals surface area (Å²) < 4.78 is 38.5. The largest absolute Gasteiger partial charge is 0.472 e. The molecule has 1 saturated carbocycles. The Kier molecular flexibility index (Phi) is 8.49. The number of aliphatic hydroxyl groups excluding tert-OH is 2. The molecule has 0 spiro atoms. The van der Waals surface area contributed by atoms with Crippen LogP contribution in [-0.2, 0) is 52.3 Å². The highest BCUT2D eigenvalue weighted by atomic mass is 16.8. The molecule has 3 aliphatic rings. The maximum Gasteiger partial charge on any atom is 0.303 e. The zero-order chi connectivity index (χ0) is 27.7. The first kappa shape index (κ1) is 28.8. The van der Waals surface area contributed by atoms with E-state index in [0.29, 0.717) is 0 Å². The predicted octanol–water partition coefficient (Wildman–Crippen LogP) is -1.18. The van der Waals surface area contributed by atoms with E-state index in [1.807, 2.05) is 0 Å². The molecule has 208 valence electrons. The molecule has 2 heterocycles. The molecular weight excluding hydrogens is 500 g/mol. The van der Waals surface area contributed by atoms with Gasteiger partial charge in [0.05, 0.1) is 18.8 Å². The second-order valence-corrected chi connectivity index (χ2v) is 9.38. The normalized spacial score (nSPS) is 40.6. The molecule has 1 aliphatic carbocycles. The van der Waals surface area contributed by atoms with Crippen molar-refractivity contribution in [1.29, 1.82) is 0 Å². The minimum absolute atomic E-state index is 0.117. The zero-order valence-corrected chi connectivity index (χ0v) is 21.0. The summed E-state index contributed by atoms with van der Waals surface area (Å²) in [5.74, 6) is -4.21. The van der Waals surface area contributed by atoms with Crippen molar-refractivity contribution in [2.75, 3.05) is 6.61 Å². The van der Waals surface area contributed by atoms with Gasteiger partial charge in [-0.15, -0.1) is 0 Å². The Balaban J connectivity index is 2.00. The SMILES string of the molecule is CC(=O)O[C@H]1[C@H](O[C@@H]2OC=C[C@@]3(O)[C@H](OC(C)=O)C[C@](C)(OC(C)=O)[C@@H]23)O[C@H](CO)[C@@H](O)[C@@H]1OC(C)=O. The quantitative estimate of drug-likeness (QED) is 0.262. The summed E-state index contributed by atoms with van der Waals surface area (Å²) in [6.07, 6.45) is -7.91. The second-order valence-electron chi connectivity index (χ2n) is 9.38. The van der Waals surface area contributed by atoms with Crippen molar-refractivity contribution in [3.05, 3.63) is 12.3 Å². The summed E-state index contributed by atoms with van der Waals surface area (Å²) in [6.45, 7) is 5.25. The highest BCUT2D eigenvalue weighted by Gasteiger charge is 2.68. The Morgan fingerprint density at radius 3 is 2.08 bits per heavy atom. The molecule has 3 N–H and O–H groups in total. The van der Waals surface area contributed by atoms with Crippen LogP contribution >= 0.6 is 0 Å². The standard InChI is InChI=1S/C23H32O14/c1-10(25)32-15-8-22(5,37-13(4)28)19-21(31-7-6-23(15,19)30)36-20-18(34-12(3)27)17(33-11(2)26)16(29)14(9-24)35-20/h6-7,14-21,24,29-30H,8-9H2,1-5H3/t14-,15-,16-,17+,18-,19-,20+,21+,22+,23-/m1/s1. The molecule has 0 unspecified atom stereocenters. The van der Waals surface area contributed by atoms with Crippen LogP contribution in [0.2, 0.25) is 0 Å². The number of hydrogen-bond donors (Lipinski definition) is 3. The van der Waals surface area contributed by atoms with Crippen LogP contribution in [0, 0.1) is 5.92 Å². The fourth-order valence-corrected chi connectivity index (χ4v) is 5.18. The summed E-state index contributed by atoms with van der Waals surface area (Å²) in [7, 11) is 0. The Bertz CT molecular complexity index is 934. The van der Waals surface area contributed by atoms with Gasteiger partial charge in [-0.3, -0.25) is 19.2 Å². The smallest absolute Gasteiger partial charge is 0.303 e. The molecule has 0 amide bonds. The van der Waals surface area contributed by atoms with Crippen molar-refractivity contribution in [2.24, 2.45) is 5.92 Å². The van der Waals surface area contributed by atoms with E-state index < -0.39 is 90.7 Å². The number of carbonyl (C=O) groups is 4. The third-order valence-electron chi connectivity index (χ3n) is 6.44. The molecule has 2 aliphatic heterocycles. The monoisotopic (exact) mass is 532 g/mol. The Hall–Kier alpha value is -2.78. The number of aliphatic hydroxyl groups is 3. The maximum atomic E-state index is 11.9. The lowest BCUT2D eigenvalue weighted by Gasteiger charge is -2.47. The molecule has 14 nitrogen and oxygen atoms in total. The van der Waals surface area contributed by atoms with Gasteiger partial charge < -0.3 is 48.5 Å². The molecule has 3 rings (SSSR count). The summed E-state index contributed by atoms with van der Waals surface area (Å²) in [6, 6.07) is 0. The maximum absolute atomic E-state index is 11.9. The summed E-state index contributed by atoms with van der Waals surface area (Å²) in [5, 5.41) is 31.9. The van der Waals surface area contributed by atoms with E-state index in [-0.39, 0.29) is 6.42 Å². The third kappa shape index (κ3) is 5.88. The first-order chi connectivity index (χ1) is 17.2. The lowest BCUT2D eigenvalue weighted by Crippen LogP contribution is -2.63. The van der Waals surface area contributed by atoms with Crippen LogP contribution in [0.5, 0.6) is 0 Å². The first-order valence-corrected chi connectivity index (χ1v) is 11.6. The van der Waals surface area contributed by atoms with Crippen molar-refractivity contribution < 1.29 is 67.7 Å². The molecular formula is C23H32O14. The molecule has 0 bridgehead atoms. The third-order valence-corrected chi connectivity index (χ3v) is 6.44. The van der Waals surface area contributed by atoms with Gasteiger partial charge in [0.15, 0.2) is 12.2 Å². The Morgan fingerprint density at radius 2 is 1.54 bits per heavy atom.